The second-order valence-electron chi connectivity index (χ2n) is 3.90. The molecule has 4 nitrogen and oxygen atoms in total. The van der Waals surface area contributed by atoms with Gasteiger partial charge in [0, 0.05) is 11.8 Å². The molecular formula is C12H8Cl2N4. The lowest BCUT2D eigenvalue weighted by Crippen LogP contribution is -1.96. The number of halogens is 2. The highest BCUT2D eigenvalue weighted by molar-refractivity contribution is 6.29. The van der Waals surface area contributed by atoms with E-state index in [0.29, 0.717) is 10.3 Å². The molecule has 0 saturated carbocycles. The van der Waals surface area contributed by atoms with Crippen LogP contribution in [0.4, 0.5) is 0 Å². The second-order valence-corrected chi connectivity index (χ2v) is 4.67. The minimum absolute atomic E-state index is 0.430. The molecule has 3 aromatic rings. The van der Waals surface area contributed by atoms with Crippen LogP contribution in [0.15, 0.2) is 30.6 Å². The Bertz CT molecular complexity index is 736. The predicted octanol–water partition coefficient (Wildman–Crippen LogP) is 3.41. The zero-order chi connectivity index (χ0) is 12.7. The molecule has 0 aliphatic carbocycles. The number of hydrogen-bond donors (Lipinski definition) is 0. The van der Waals surface area contributed by atoms with Gasteiger partial charge in [-0.2, -0.15) is 5.10 Å². The summed E-state index contributed by atoms with van der Waals surface area (Å²) in [7, 11) is 0. The van der Waals surface area contributed by atoms with E-state index in [1.165, 1.54) is 0 Å². The van der Waals surface area contributed by atoms with Crippen molar-refractivity contribution in [1.29, 1.82) is 0 Å². The first-order chi connectivity index (χ1) is 8.65. The molecule has 3 aromatic heterocycles. The fourth-order valence-corrected chi connectivity index (χ4v) is 2.26. The minimum atomic E-state index is 0.430. The van der Waals surface area contributed by atoms with Crippen LogP contribution in [0.3, 0.4) is 0 Å². The van der Waals surface area contributed by atoms with Crippen LogP contribution in [-0.2, 0) is 0 Å². The van der Waals surface area contributed by atoms with E-state index in [4.69, 9.17) is 23.2 Å². The Morgan fingerprint density at radius 2 is 1.94 bits per heavy atom. The Kier molecular flexibility index (Phi) is 2.69. The molecule has 0 unspecified atom stereocenters. The summed E-state index contributed by atoms with van der Waals surface area (Å²) >= 11 is 11.9. The van der Waals surface area contributed by atoms with Gasteiger partial charge in [0.1, 0.15) is 10.3 Å². The molecule has 6 heteroatoms. The van der Waals surface area contributed by atoms with Crippen molar-refractivity contribution in [2.45, 2.75) is 6.92 Å². The van der Waals surface area contributed by atoms with Gasteiger partial charge < -0.3 is 0 Å². The van der Waals surface area contributed by atoms with Crippen molar-refractivity contribution in [3.05, 3.63) is 46.5 Å². The third kappa shape index (κ3) is 1.83. The Morgan fingerprint density at radius 1 is 1.11 bits per heavy atom. The van der Waals surface area contributed by atoms with E-state index in [2.05, 4.69) is 15.1 Å². The van der Waals surface area contributed by atoms with Crippen LogP contribution in [0.2, 0.25) is 10.3 Å². The van der Waals surface area contributed by atoms with Crippen molar-refractivity contribution in [1.82, 2.24) is 19.6 Å². The highest BCUT2D eigenvalue weighted by atomic mass is 35.5. The van der Waals surface area contributed by atoms with E-state index in [-0.39, 0.29) is 0 Å². The van der Waals surface area contributed by atoms with Gasteiger partial charge in [-0.3, -0.25) is 0 Å². The van der Waals surface area contributed by atoms with Gasteiger partial charge in [-0.15, -0.1) is 0 Å². The van der Waals surface area contributed by atoms with Crippen molar-refractivity contribution in [2.24, 2.45) is 0 Å². The zero-order valence-corrected chi connectivity index (χ0v) is 10.9. The van der Waals surface area contributed by atoms with Gasteiger partial charge in [0.05, 0.1) is 11.9 Å². The molecule has 0 spiro atoms. The van der Waals surface area contributed by atoms with Crippen molar-refractivity contribution >= 4 is 28.8 Å². The first kappa shape index (κ1) is 11.4. The summed E-state index contributed by atoms with van der Waals surface area (Å²) in [5.74, 6) is 0. The number of imidazole rings is 1. The van der Waals surface area contributed by atoms with Crippen LogP contribution in [0.1, 0.15) is 5.56 Å². The molecule has 0 aromatic carbocycles. The molecule has 0 N–H and O–H groups in total. The first-order valence-electron chi connectivity index (χ1n) is 5.28. The maximum absolute atomic E-state index is 5.97. The molecule has 0 aliphatic rings. The summed E-state index contributed by atoms with van der Waals surface area (Å²) in [5, 5.41) is 5.12. The number of rotatable bonds is 1. The maximum atomic E-state index is 5.97. The largest absolute Gasteiger partial charge is 0.245 e. The van der Waals surface area contributed by atoms with Gasteiger partial charge in [-0.05, 0) is 30.7 Å². The summed E-state index contributed by atoms with van der Waals surface area (Å²) < 4.78 is 1.71. The molecule has 0 atom stereocenters. The van der Waals surface area contributed by atoms with Crippen molar-refractivity contribution < 1.29 is 0 Å². The maximum Gasteiger partial charge on any atom is 0.157 e. The van der Waals surface area contributed by atoms with Gasteiger partial charge in [0.15, 0.2) is 5.65 Å². The Balaban J connectivity index is 2.30. The Hall–Kier alpha value is -1.65. The van der Waals surface area contributed by atoms with E-state index in [0.717, 1.165) is 22.5 Å². The molecule has 3 rings (SSSR count). The summed E-state index contributed by atoms with van der Waals surface area (Å²) in [5.41, 5.74) is 3.49. The molecule has 90 valence electrons. The smallest absolute Gasteiger partial charge is 0.157 e. The number of hydrogen-bond acceptors (Lipinski definition) is 3. The highest BCUT2D eigenvalue weighted by Gasteiger charge is 2.10. The number of fused-ring (bicyclic) bond motifs is 1. The van der Waals surface area contributed by atoms with E-state index >= 15 is 0 Å². The fourth-order valence-electron chi connectivity index (χ4n) is 1.84. The fraction of sp³-hybridized carbons (Fsp3) is 0.0833. The molecule has 0 fully saturated rings. The Labute approximate surface area is 113 Å². The lowest BCUT2D eigenvalue weighted by Gasteiger charge is -2.03. The topological polar surface area (TPSA) is 43.1 Å². The lowest BCUT2D eigenvalue weighted by molar-refractivity contribution is 0.934. The molecule has 3 heterocycles. The standard InChI is InChI=1S/C12H8Cl2N4/c1-7-4-11(14)17-18-9(6-16-12(7)18)8-2-3-15-10(13)5-8/h2-6H,1H3. The van der Waals surface area contributed by atoms with Crippen LogP contribution in [0.5, 0.6) is 0 Å². The second kappa shape index (κ2) is 4.23. The molecular weight excluding hydrogens is 271 g/mol. The van der Waals surface area contributed by atoms with E-state index in [9.17, 15) is 0 Å². The number of nitrogens with zero attached hydrogens (tertiary/aromatic N) is 4. The average Bonchev–Trinajstić information content (AvgIpc) is 2.72. The molecule has 0 radical (unpaired) electrons. The third-order valence-electron chi connectivity index (χ3n) is 2.64. The van der Waals surface area contributed by atoms with Crippen molar-refractivity contribution in [3.63, 3.8) is 0 Å². The lowest BCUT2D eigenvalue weighted by atomic mass is 10.2. The summed E-state index contributed by atoms with van der Waals surface area (Å²) in [6.07, 6.45) is 3.39. The summed E-state index contributed by atoms with van der Waals surface area (Å²) in [6, 6.07) is 5.41. The van der Waals surface area contributed by atoms with Gasteiger partial charge in [0.25, 0.3) is 0 Å². The normalized spacial score (nSPS) is 11.1. The molecule has 0 saturated heterocycles. The zero-order valence-electron chi connectivity index (χ0n) is 9.43. The molecule has 0 aliphatic heterocycles. The molecule has 18 heavy (non-hydrogen) atoms. The minimum Gasteiger partial charge on any atom is -0.245 e. The van der Waals surface area contributed by atoms with Gasteiger partial charge in [-0.25, -0.2) is 14.5 Å². The van der Waals surface area contributed by atoms with E-state index in [1.54, 1.807) is 29.0 Å². The summed E-state index contributed by atoms with van der Waals surface area (Å²) in [4.78, 5) is 8.30. The van der Waals surface area contributed by atoms with Gasteiger partial charge in [-0.1, -0.05) is 23.2 Å². The molecule has 0 bridgehead atoms. The van der Waals surface area contributed by atoms with E-state index in [1.807, 2.05) is 13.0 Å². The van der Waals surface area contributed by atoms with Crippen LogP contribution >= 0.6 is 23.2 Å². The first-order valence-corrected chi connectivity index (χ1v) is 6.03. The van der Waals surface area contributed by atoms with Crippen LogP contribution < -0.4 is 0 Å². The van der Waals surface area contributed by atoms with Crippen LogP contribution in [0.25, 0.3) is 16.9 Å². The monoisotopic (exact) mass is 278 g/mol. The molecule has 0 amide bonds. The number of aryl methyl sites for hydroxylation is 1. The van der Waals surface area contributed by atoms with Crippen LogP contribution in [-0.4, -0.2) is 19.6 Å². The summed E-state index contributed by atoms with van der Waals surface area (Å²) in [6.45, 7) is 1.94. The van der Waals surface area contributed by atoms with Crippen molar-refractivity contribution in [2.75, 3.05) is 0 Å². The van der Waals surface area contributed by atoms with Gasteiger partial charge >= 0.3 is 0 Å². The van der Waals surface area contributed by atoms with Crippen LogP contribution in [0, 0.1) is 6.92 Å². The van der Waals surface area contributed by atoms with Gasteiger partial charge in [0.2, 0.25) is 0 Å². The highest BCUT2D eigenvalue weighted by Crippen LogP contribution is 2.23. The average molecular weight is 279 g/mol. The predicted molar refractivity (Wildman–Crippen MR) is 71.0 cm³/mol. The Morgan fingerprint density at radius 3 is 2.72 bits per heavy atom. The SMILES string of the molecule is Cc1cc(Cl)nn2c(-c3ccnc(Cl)c3)cnc12. The van der Waals surface area contributed by atoms with Crippen molar-refractivity contribution in [3.8, 4) is 11.3 Å². The number of aromatic nitrogens is 4. The number of pyridine rings is 1. The van der Waals surface area contributed by atoms with E-state index < -0.39 is 0 Å². The third-order valence-corrected chi connectivity index (χ3v) is 3.04. The quantitative estimate of drug-likeness (QED) is 0.641.